The van der Waals surface area contributed by atoms with Gasteiger partial charge < -0.3 is 10.4 Å². The molecular formula is C16H20N2O2. The summed E-state index contributed by atoms with van der Waals surface area (Å²) in [6.45, 7) is 6.45. The number of fused-ring (bicyclic) bond motifs is 1. The van der Waals surface area contributed by atoms with Crippen molar-refractivity contribution in [2.24, 2.45) is 5.92 Å². The van der Waals surface area contributed by atoms with Crippen molar-refractivity contribution >= 4 is 22.6 Å². The maximum atomic E-state index is 11.3. The van der Waals surface area contributed by atoms with Crippen LogP contribution in [0.5, 0.6) is 0 Å². The van der Waals surface area contributed by atoms with E-state index in [4.69, 9.17) is 0 Å². The van der Waals surface area contributed by atoms with E-state index in [-0.39, 0.29) is 5.56 Å². The number of nitrogens with one attached hydrogen (secondary N) is 1. The standard InChI is InChI=1S/C16H20N2O2/c1-4-14(10(2)3)18-15-12-8-6-5-7-11(12)13(9-17-15)16(19)20/h5-10,14H,4H2,1-3H3,(H,17,18)(H,19,20). The minimum absolute atomic E-state index is 0.240. The van der Waals surface area contributed by atoms with Crippen LogP contribution in [0.2, 0.25) is 0 Å². The molecule has 0 aliphatic rings. The van der Waals surface area contributed by atoms with Gasteiger partial charge in [-0.15, -0.1) is 0 Å². The number of hydrogen-bond acceptors (Lipinski definition) is 3. The molecule has 0 aliphatic carbocycles. The number of aromatic nitrogens is 1. The Morgan fingerprint density at radius 1 is 1.30 bits per heavy atom. The largest absolute Gasteiger partial charge is 0.478 e. The highest BCUT2D eigenvalue weighted by Crippen LogP contribution is 2.26. The van der Waals surface area contributed by atoms with Gasteiger partial charge in [-0.05, 0) is 12.3 Å². The van der Waals surface area contributed by atoms with Gasteiger partial charge in [0.1, 0.15) is 5.82 Å². The number of benzene rings is 1. The van der Waals surface area contributed by atoms with E-state index in [2.05, 4.69) is 31.1 Å². The van der Waals surface area contributed by atoms with Crippen LogP contribution in [0.25, 0.3) is 10.8 Å². The van der Waals surface area contributed by atoms with Gasteiger partial charge in [0.05, 0.1) is 5.56 Å². The minimum atomic E-state index is -0.948. The molecule has 1 unspecified atom stereocenters. The number of anilines is 1. The van der Waals surface area contributed by atoms with Crippen LogP contribution in [0.3, 0.4) is 0 Å². The summed E-state index contributed by atoms with van der Waals surface area (Å²) in [4.78, 5) is 15.6. The number of carbonyl (C=O) groups is 1. The van der Waals surface area contributed by atoms with Gasteiger partial charge in [0.15, 0.2) is 0 Å². The molecule has 0 bridgehead atoms. The number of aromatic carboxylic acids is 1. The Hall–Kier alpha value is -2.10. The summed E-state index contributed by atoms with van der Waals surface area (Å²) >= 11 is 0. The zero-order chi connectivity index (χ0) is 14.7. The van der Waals surface area contributed by atoms with Gasteiger partial charge in [0.2, 0.25) is 0 Å². The van der Waals surface area contributed by atoms with Crippen molar-refractivity contribution in [3.63, 3.8) is 0 Å². The van der Waals surface area contributed by atoms with E-state index in [0.29, 0.717) is 12.0 Å². The Morgan fingerprint density at radius 3 is 2.50 bits per heavy atom. The van der Waals surface area contributed by atoms with Crippen LogP contribution in [0.4, 0.5) is 5.82 Å². The van der Waals surface area contributed by atoms with Crippen molar-refractivity contribution in [2.45, 2.75) is 33.2 Å². The normalized spacial score (nSPS) is 12.6. The fraction of sp³-hybridized carbons (Fsp3) is 0.375. The third-order valence-electron chi connectivity index (χ3n) is 3.59. The molecule has 0 amide bonds. The molecule has 0 saturated heterocycles. The first-order valence-electron chi connectivity index (χ1n) is 6.92. The lowest BCUT2D eigenvalue weighted by Gasteiger charge is -2.22. The van der Waals surface area contributed by atoms with Gasteiger partial charge in [-0.1, -0.05) is 45.0 Å². The Morgan fingerprint density at radius 2 is 1.95 bits per heavy atom. The van der Waals surface area contributed by atoms with E-state index in [1.54, 1.807) is 0 Å². The third kappa shape index (κ3) is 2.74. The average Bonchev–Trinajstić information content (AvgIpc) is 2.43. The summed E-state index contributed by atoms with van der Waals surface area (Å²) in [5.41, 5.74) is 0.240. The number of hydrogen-bond donors (Lipinski definition) is 2. The molecule has 0 fully saturated rings. The second-order valence-corrected chi connectivity index (χ2v) is 5.27. The number of rotatable bonds is 5. The van der Waals surface area contributed by atoms with Crippen molar-refractivity contribution in [3.05, 3.63) is 36.0 Å². The average molecular weight is 272 g/mol. The summed E-state index contributed by atoms with van der Waals surface area (Å²) < 4.78 is 0. The van der Waals surface area contributed by atoms with Gasteiger partial charge in [-0.25, -0.2) is 9.78 Å². The Kier molecular flexibility index (Phi) is 4.23. The van der Waals surface area contributed by atoms with Gasteiger partial charge in [-0.3, -0.25) is 0 Å². The maximum Gasteiger partial charge on any atom is 0.337 e. The van der Waals surface area contributed by atoms with Gasteiger partial charge in [0, 0.05) is 23.0 Å². The fourth-order valence-electron chi connectivity index (χ4n) is 2.39. The molecule has 1 atom stereocenters. The molecule has 2 N–H and O–H groups in total. The number of carboxylic acid groups (broad SMARTS) is 1. The van der Waals surface area contributed by atoms with Crippen molar-refractivity contribution in [1.82, 2.24) is 4.98 Å². The van der Waals surface area contributed by atoms with Crippen LogP contribution >= 0.6 is 0 Å². The monoisotopic (exact) mass is 272 g/mol. The Labute approximate surface area is 118 Å². The zero-order valence-electron chi connectivity index (χ0n) is 12.1. The second-order valence-electron chi connectivity index (χ2n) is 5.27. The first-order chi connectivity index (χ1) is 9.54. The van der Waals surface area contributed by atoms with Crippen molar-refractivity contribution < 1.29 is 9.90 Å². The summed E-state index contributed by atoms with van der Waals surface area (Å²) in [6.07, 6.45) is 2.43. The van der Waals surface area contributed by atoms with Crippen LogP contribution in [0.1, 0.15) is 37.6 Å². The molecule has 4 nitrogen and oxygen atoms in total. The van der Waals surface area contributed by atoms with Crippen LogP contribution in [0, 0.1) is 5.92 Å². The summed E-state index contributed by atoms with van der Waals surface area (Å²) in [6, 6.07) is 7.79. The lowest BCUT2D eigenvalue weighted by molar-refractivity contribution is 0.0698. The first-order valence-corrected chi connectivity index (χ1v) is 6.92. The highest BCUT2D eigenvalue weighted by atomic mass is 16.4. The van der Waals surface area contributed by atoms with Crippen molar-refractivity contribution in [1.29, 1.82) is 0 Å². The molecule has 1 aromatic heterocycles. The van der Waals surface area contributed by atoms with E-state index in [1.807, 2.05) is 24.3 Å². The molecular weight excluding hydrogens is 252 g/mol. The van der Waals surface area contributed by atoms with E-state index in [9.17, 15) is 9.90 Å². The molecule has 1 aromatic carbocycles. The lowest BCUT2D eigenvalue weighted by atomic mass is 10.0. The number of nitrogens with zero attached hydrogens (tertiary/aromatic N) is 1. The third-order valence-corrected chi connectivity index (χ3v) is 3.59. The van der Waals surface area contributed by atoms with E-state index in [1.165, 1.54) is 6.20 Å². The summed E-state index contributed by atoms with van der Waals surface area (Å²) in [7, 11) is 0. The number of carboxylic acids is 1. The van der Waals surface area contributed by atoms with Crippen molar-refractivity contribution in [3.8, 4) is 0 Å². The molecule has 1 heterocycles. The first kappa shape index (κ1) is 14.3. The SMILES string of the molecule is CCC(Nc1ncc(C(=O)O)c2ccccc12)C(C)C. The molecule has 0 saturated carbocycles. The summed E-state index contributed by atoms with van der Waals surface area (Å²) in [5, 5.41) is 14.2. The molecule has 2 aromatic rings. The Balaban J connectivity index is 2.50. The van der Waals surface area contributed by atoms with E-state index < -0.39 is 5.97 Å². The molecule has 4 heteroatoms. The molecule has 106 valence electrons. The smallest absolute Gasteiger partial charge is 0.337 e. The fourth-order valence-corrected chi connectivity index (χ4v) is 2.39. The maximum absolute atomic E-state index is 11.3. The highest BCUT2D eigenvalue weighted by molar-refractivity contribution is 6.06. The van der Waals surface area contributed by atoms with Gasteiger partial charge in [0.25, 0.3) is 0 Å². The van der Waals surface area contributed by atoms with Gasteiger partial charge >= 0.3 is 5.97 Å². The lowest BCUT2D eigenvalue weighted by Crippen LogP contribution is -2.25. The predicted molar refractivity (Wildman–Crippen MR) is 81.2 cm³/mol. The van der Waals surface area contributed by atoms with Gasteiger partial charge in [-0.2, -0.15) is 0 Å². The highest BCUT2D eigenvalue weighted by Gasteiger charge is 2.16. The van der Waals surface area contributed by atoms with Crippen LogP contribution < -0.4 is 5.32 Å². The number of pyridine rings is 1. The van der Waals surface area contributed by atoms with E-state index in [0.717, 1.165) is 23.0 Å². The van der Waals surface area contributed by atoms with Crippen LogP contribution in [-0.2, 0) is 0 Å². The van der Waals surface area contributed by atoms with Crippen LogP contribution in [0.15, 0.2) is 30.5 Å². The second kappa shape index (κ2) is 5.90. The molecule has 0 radical (unpaired) electrons. The molecule has 0 spiro atoms. The molecule has 2 rings (SSSR count). The molecule has 0 aliphatic heterocycles. The van der Waals surface area contributed by atoms with E-state index >= 15 is 0 Å². The minimum Gasteiger partial charge on any atom is -0.478 e. The Bertz CT molecular complexity index is 623. The summed E-state index contributed by atoms with van der Waals surface area (Å²) in [5.74, 6) is 0.294. The predicted octanol–water partition coefficient (Wildman–Crippen LogP) is 3.78. The topological polar surface area (TPSA) is 62.2 Å². The van der Waals surface area contributed by atoms with Crippen LogP contribution in [-0.4, -0.2) is 22.1 Å². The van der Waals surface area contributed by atoms with Crippen molar-refractivity contribution in [2.75, 3.05) is 5.32 Å². The molecule has 20 heavy (non-hydrogen) atoms. The zero-order valence-corrected chi connectivity index (χ0v) is 12.1. The quantitative estimate of drug-likeness (QED) is 0.869.